The first-order valence-corrected chi connectivity index (χ1v) is 6.60. The van der Waals surface area contributed by atoms with Gasteiger partial charge in [-0.25, -0.2) is 4.98 Å². The molecule has 0 N–H and O–H groups in total. The number of Topliss-reactive ketones (excluding diaryl/α,β-unsaturated/α-hetero) is 1. The Labute approximate surface area is 116 Å². The number of rotatable bonds is 4. The van der Waals surface area contributed by atoms with Crippen molar-refractivity contribution in [1.82, 2.24) is 9.38 Å². The highest BCUT2D eigenvalue weighted by atomic mass is 35.5. The summed E-state index contributed by atoms with van der Waals surface area (Å²) >= 11 is 6.12. The number of allylic oxidation sites excluding steroid dienone is 4. The van der Waals surface area contributed by atoms with Gasteiger partial charge in [0, 0.05) is 18.5 Å². The number of carbonyl (C=O) groups excluding carboxylic acids is 1. The Bertz CT molecular complexity index is 673. The van der Waals surface area contributed by atoms with Crippen molar-refractivity contribution >= 4 is 23.0 Å². The first-order chi connectivity index (χ1) is 9.24. The fourth-order valence-electron chi connectivity index (χ4n) is 2.31. The molecule has 0 aromatic carbocycles. The van der Waals surface area contributed by atoms with E-state index in [0.717, 1.165) is 11.3 Å². The molecule has 4 heteroatoms. The summed E-state index contributed by atoms with van der Waals surface area (Å²) in [5.74, 6) is 0.402. The van der Waals surface area contributed by atoms with E-state index in [-0.39, 0.29) is 11.7 Å². The zero-order chi connectivity index (χ0) is 13.2. The second-order valence-electron chi connectivity index (χ2n) is 4.63. The van der Waals surface area contributed by atoms with Crippen molar-refractivity contribution in [1.29, 1.82) is 0 Å². The van der Waals surface area contributed by atoms with E-state index in [1.54, 1.807) is 0 Å². The summed E-state index contributed by atoms with van der Waals surface area (Å²) in [5, 5.41) is 0.414. The lowest BCUT2D eigenvalue weighted by Crippen LogP contribution is -2.09. The molecule has 0 amide bonds. The zero-order valence-electron chi connectivity index (χ0n) is 10.3. The summed E-state index contributed by atoms with van der Waals surface area (Å²) in [7, 11) is 0. The molecule has 0 unspecified atom stereocenters. The molecule has 0 fully saturated rings. The molecule has 0 bridgehead atoms. The summed E-state index contributed by atoms with van der Waals surface area (Å²) in [6.45, 7) is 0. The molecule has 96 valence electrons. The van der Waals surface area contributed by atoms with Gasteiger partial charge in [0.25, 0.3) is 0 Å². The van der Waals surface area contributed by atoms with Crippen LogP contribution in [0.25, 0.3) is 5.65 Å². The molecule has 0 radical (unpaired) electrons. The summed E-state index contributed by atoms with van der Waals surface area (Å²) in [6.07, 6.45) is 10.7. The van der Waals surface area contributed by atoms with Crippen molar-refractivity contribution in [3.8, 4) is 0 Å². The van der Waals surface area contributed by atoms with Crippen LogP contribution in [0, 0.1) is 5.92 Å². The quantitative estimate of drug-likeness (QED) is 0.856. The highest BCUT2D eigenvalue weighted by molar-refractivity contribution is 6.30. The second-order valence-corrected chi connectivity index (χ2v) is 4.99. The van der Waals surface area contributed by atoms with Crippen LogP contribution in [0.5, 0.6) is 0 Å². The van der Waals surface area contributed by atoms with Crippen LogP contribution in [0.3, 0.4) is 0 Å². The number of pyridine rings is 1. The largest absolute Gasteiger partial charge is 0.302 e. The molecule has 3 nitrogen and oxygen atoms in total. The minimum Gasteiger partial charge on any atom is -0.302 e. The highest BCUT2D eigenvalue weighted by Crippen LogP contribution is 2.20. The second kappa shape index (κ2) is 5.02. The maximum absolute atomic E-state index is 12.1. The number of imidazole rings is 1. The smallest absolute Gasteiger partial charge is 0.151 e. The van der Waals surface area contributed by atoms with Crippen molar-refractivity contribution in [3.05, 3.63) is 59.5 Å². The lowest BCUT2D eigenvalue weighted by Gasteiger charge is -2.05. The molecule has 1 aliphatic rings. The van der Waals surface area contributed by atoms with Crippen LogP contribution in [0.15, 0.2) is 48.7 Å². The van der Waals surface area contributed by atoms with Crippen LogP contribution in [0.2, 0.25) is 5.15 Å². The molecule has 0 saturated heterocycles. The first-order valence-electron chi connectivity index (χ1n) is 6.22. The van der Waals surface area contributed by atoms with Crippen molar-refractivity contribution in [2.24, 2.45) is 5.92 Å². The number of carbonyl (C=O) groups is 1. The third-order valence-corrected chi connectivity index (χ3v) is 3.54. The van der Waals surface area contributed by atoms with Gasteiger partial charge in [-0.2, -0.15) is 0 Å². The number of nitrogens with zero attached hydrogens (tertiary/aromatic N) is 2. The molecule has 1 aliphatic carbocycles. The van der Waals surface area contributed by atoms with Gasteiger partial charge in [-0.1, -0.05) is 42.0 Å². The molecule has 2 aromatic heterocycles. The average Bonchev–Trinajstić information content (AvgIpc) is 2.99. The van der Waals surface area contributed by atoms with Crippen molar-refractivity contribution in [3.63, 3.8) is 0 Å². The van der Waals surface area contributed by atoms with Crippen molar-refractivity contribution < 1.29 is 4.79 Å². The highest BCUT2D eigenvalue weighted by Gasteiger charge is 2.16. The minimum absolute atomic E-state index is 0.175. The number of hydrogen-bond donors (Lipinski definition) is 0. The predicted octanol–water partition coefficient (Wildman–Crippen LogP) is 3.23. The molecule has 0 atom stereocenters. The Morgan fingerprint density at radius 1 is 1.32 bits per heavy atom. The standard InChI is InChI=1S/C15H13ClN2O/c16-15-13(18-8-4-3-7-14(18)17-15)10-12(19)9-11-5-1-2-6-11/h1-8,11H,9-10H2. The van der Waals surface area contributed by atoms with Gasteiger partial charge >= 0.3 is 0 Å². The van der Waals surface area contributed by atoms with E-state index < -0.39 is 0 Å². The van der Waals surface area contributed by atoms with E-state index in [9.17, 15) is 4.79 Å². The van der Waals surface area contributed by atoms with Gasteiger partial charge in [0.2, 0.25) is 0 Å². The minimum atomic E-state index is 0.175. The Kier molecular flexibility index (Phi) is 3.22. The van der Waals surface area contributed by atoms with Crippen LogP contribution in [-0.4, -0.2) is 15.2 Å². The molecule has 2 heterocycles. The van der Waals surface area contributed by atoms with Crippen molar-refractivity contribution in [2.75, 3.05) is 0 Å². The van der Waals surface area contributed by atoms with E-state index in [1.165, 1.54) is 0 Å². The number of halogens is 1. The number of fused-ring (bicyclic) bond motifs is 1. The fourth-order valence-corrected chi connectivity index (χ4v) is 2.56. The van der Waals surface area contributed by atoms with Crippen LogP contribution in [-0.2, 0) is 11.2 Å². The third kappa shape index (κ3) is 2.47. The predicted molar refractivity (Wildman–Crippen MR) is 75.3 cm³/mol. The lowest BCUT2D eigenvalue weighted by atomic mass is 10.0. The monoisotopic (exact) mass is 272 g/mol. The average molecular weight is 273 g/mol. The summed E-state index contributed by atoms with van der Waals surface area (Å²) in [4.78, 5) is 16.3. The SMILES string of the molecule is O=C(Cc1c(Cl)nc2ccccn12)CC1C=CC=C1. The van der Waals surface area contributed by atoms with E-state index in [2.05, 4.69) is 4.98 Å². The van der Waals surface area contributed by atoms with Gasteiger partial charge in [0.15, 0.2) is 5.15 Å². The van der Waals surface area contributed by atoms with Gasteiger partial charge < -0.3 is 4.40 Å². The Morgan fingerprint density at radius 3 is 2.89 bits per heavy atom. The normalized spacial score (nSPS) is 14.6. The van der Waals surface area contributed by atoms with Gasteiger partial charge in [-0.05, 0) is 12.1 Å². The Hall–Kier alpha value is -1.87. The van der Waals surface area contributed by atoms with E-state index in [1.807, 2.05) is 53.1 Å². The first kappa shape index (κ1) is 12.2. The molecule has 2 aromatic rings. The van der Waals surface area contributed by atoms with Crippen LogP contribution in [0.1, 0.15) is 12.1 Å². The third-order valence-electron chi connectivity index (χ3n) is 3.24. The Morgan fingerprint density at radius 2 is 2.11 bits per heavy atom. The molecule has 0 spiro atoms. The molecule has 19 heavy (non-hydrogen) atoms. The number of hydrogen-bond acceptors (Lipinski definition) is 2. The summed E-state index contributed by atoms with van der Waals surface area (Å²) in [6, 6.07) is 5.68. The van der Waals surface area contributed by atoms with Crippen molar-refractivity contribution in [2.45, 2.75) is 12.8 Å². The van der Waals surface area contributed by atoms with E-state index in [0.29, 0.717) is 18.0 Å². The number of ketones is 1. The fraction of sp³-hybridized carbons (Fsp3) is 0.200. The van der Waals surface area contributed by atoms with Gasteiger partial charge in [-0.15, -0.1) is 0 Å². The Balaban J connectivity index is 1.81. The van der Waals surface area contributed by atoms with Gasteiger partial charge in [0.1, 0.15) is 11.4 Å². The van der Waals surface area contributed by atoms with Crippen LogP contribution < -0.4 is 0 Å². The summed E-state index contributed by atoms with van der Waals surface area (Å²) in [5.41, 5.74) is 1.55. The maximum Gasteiger partial charge on any atom is 0.151 e. The van der Waals surface area contributed by atoms with Crippen LogP contribution in [0.4, 0.5) is 0 Å². The number of aromatic nitrogens is 2. The zero-order valence-corrected chi connectivity index (χ0v) is 11.0. The lowest BCUT2D eigenvalue weighted by molar-refractivity contribution is -0.118. The molecule has 0 aliphatic heterocycles. The van der Waals surface area contributed by atoms with E-state index >= 15 is 0 Å². The summed E-state index contributed by atoms with van der Waals surface area (Å²) < 4.78 is 1.88. The molecule has 3 rings (SSSR count). The molecular weight excluding hydrogens is 260 g/mol. The molecule has 0 saturated carbocycles. The van der Waals surface area contributed by atoms with Gasteiger partial charge in [0.05, 0.1) is 12.1 Å². The van der Waals surface area contributed by atoms with Crippen LogP contribution >= 0.6 is 11.6 Å². The topological polar surface area (TPSA) is 34.4 Å². The maximum atomic E-state index is 12.1. The van der Waals surface area contributed by atoms with Gasteiger partial charge in [-0.3, -0.25) is 4.79 Å². The molecular formula is C15H13ClN2O. The van der Waals surface area contributed by atoms with E-state index in [4.69, 9.17) is 11.6 Å².